The van der Waals surface area contributed by atoms with Crippen molar-refractivity contribution in [1.82, 2.24) is 25.1 Å². The van der Waals surface area contributed by atoms with Crippen molar-refractivity contribution in [2.45, 2.75) is 38.9 Å². The fourth-order valence-corrected chi connectivity index (χ4v) is 4.15. The normalized spacial score (nSPS) is 15.9. The third-order valence-corrected chi connectivity index (χ3v) is 5.87. The highest BCUT2D eigenvalue weighted by atomic mass is 16.3. The number of rotatable bonds is 8. The van der Waals surface area contributed by atoms with Gasteiger partial charge in [-0.05, 0) is 56.1 Å². The van der Waals surface area contributed by atoms with Gasteiger partial charge in [0.25, 0.3) is 0 Å². The Labute approximate surface area is 184 Å². The lowest BCUT2D eigenvalue weighted by atomic mass is 10.1. The van der Waals surface area contributed by atoms with Crippen LogP contribution in [0.25, 0.3) is 0 Å². The molecule has 0 radical (unpaired) electrons. The van der Waals surface area contributed by atoms with Gasteiger partial charge in [-0.25, -0.2) is 4.98 Å². The molecule has 7 nitrogen and oxygen atoms in total. The van der Waals surface area contributed by atoms with Gasteiger partial charge in [-0.2, -0.15) is 0 Å². The summed E-state index contributed by atoms with van der Waals surface area (Å²) in [5, 5.41) is 6.93. The van der Waals surface area contributed by atoms with Crippen LogP contribution in [0.15, 0.2) is 64.5 Å². The Bertz CT molecular complexity index is 972. The molecule has 0 spiro atoms. The fourth-order valence-electron chi connectivity index (χ4n) is 4.15. The van der Waals surface area contributed by atoms with E-state index in [-0.39, 0.29) is 6.04 Å². The van der Waals surface area contributed by atoms with Crippen LogP contribution in [0.2, 0.25) is 0 Å². The maximum Gasteiger partial charge on any atom is 0.191 e. The zero-order chi connectivity index (χ0) is 21.5. The van der Waals surface area contributed by atoms with Crippen molar-refractivity contribution < 1.29 is 4.42 Å². The Morgan fingerprint density at radius 2 is 2.00 bits per heavy atom. The maximum atomic E-state index is 5.72. The van der Waals surface area contributed by atoms with E-state index < -0.39 is 0 Å². The van der Waals surface area contributed by atoms with Crippen molar-refractivity contribution in [3.8, 4) is 0 Å². The van der Waals surface area contributed by atoms with Gasteiger partial charge in [-0.3, -0.25) is 9.89 Å². The zero-order valence-corrected chi connectivity index (χ0v) is 18.4. The number of benzene rings is 1. The zero-order valence-electron chi connectivity index (χ0n) is 18.4. The summed E-state index contributed by atoms with van der Waals surface area (Å²) < 4.78 is 7.87. The van der Waals surface area contributed by atoms with Crippen molar-refractivity contribution in [2.24, 2.45) is 4.99 Å². The van der Waals surface area contributed by atoms with Crippen LogP contribution in [0.5, 0.6) is 0 Å². The second-order valence-corrected chi connectivity index (χ2v) is 8.00. The molecule has 3 aromatic rings. The maximum absolute atomic E-state index is 5.72. The van der Waals surface area contributed by atoms with Gasteiger partial charge in [0.2, 0.25) is 0 Å². The number of imidazole rings is 1. The molecule has 1 unspecified atom stereocenters. The summed E-state index contributed by atoms with van der Waals surface area (Å²) in [6.45, 7) is 6.55. The predicted molar refractivity (Wildman–Crippen MR) is 123 cm³/mol. The van der Waals surface area contributed by atoms with Gasteiger partial charge in [0.15, 0.2) is 5.96 Å². The molecule has 1 aromatic carbocycles. The molecule has 3 heterocycles. The summed E-state index contributed by atoms with van der Waals surface area (Å²) >= 11 is 0. The van der Waals surface area contributed by atoms with E-state index in [1.54, 1.807) is 6.26 Å². The van der Waals surface area contributed by atoms with E-state index in [0.717, 1.165) is 43.7 Å². The van der Waals surface area contributed by atoms with E-state index in [2.05, 4.69) is 60.4 Å². The third kappa shape index (κ3) is 5.55. The number of nitrogens with one attached hydrogen (secondary N) is 2. The molecule has 31 heavy (non-hydrogen) atoms. The highest BCUT2D eigenvalue weighted by molar-refractivity contribution is 5.79. The van der Waals surface area contributed by atoms with Crippen LogP contribution in [0.3, 0.4) is 0 Å². The lowest BCUT2D eigenvalue weighted by Gasteiger charge is -2.26. The highest BCUT2D eigenvalue weighted by Gasteiger charge is 2.25. The molecule has 2 aromatic heterocycles. The van der Waals surface area contributed by atoms with Crippen LogP contribution >= 0.6 is 0 Å². The van der Waals surface area contributed by atoms with Gasteiger partial charge >= 0.3 is 0 Å². The number of aliphatic imine (C=N–C) groups is 1. The monoisotopic (exact) mass is 420 g/mol. The van der Waals surface area contributed by atoms with E-state index in [4.69, 9.17) is 4.42 Å². The molecular weight excluding hydrogens is 388 g/mol. The molecule has 1 aliphatic heterocycles. The first-order valence-electron chi connectivity index (χ1n) is 11.0. The van der Waals surface area contributed by atoms with Crippen LogP contribution in [0, 0.1) is 6.92 Å². The number of hydrogen-bond donors (Lipinski definition) is 2. The molecule has 0 amide bonds. The molecule has 1 atom stereocenters. The third-order valence-electron chi connectivity index (χ3n) is 5.87. The number of aromatic nitrogens is 2. The number of guanidine groups is 1. The smallest absolute Gasteiger partial charge is 0.191 e. The van der Waals surface area contributed by atoms with Crippen LogP contribution in [-0.2, 0) is 13.1 Å². The molecule has 0 bridgehead atoms. The van der Waals surface area contributed by atoms with Gasteiger partial charge < -0.3 is 19.6 Å². The Hall–Kier alpha value is -3.06. The Kier molecular flexibility index (Phi) is 7.04. The fraction of sp³-hybridized carbons (Fsp3) is 0.417. The second-order valence-electron chi connectivity index (χ2n) is 8.00. The second kappa shape index (κ2) is 10.3. The first kappa shape index (κ1) is 21.2. The quantitative estimate of drug-likeness (QED) is 0.432. The van der Waals surface area contributed by atoms with E-state index >= 15 is 0 Å². The predicted octanol–water partition coefficient (Wildman–Crippen LogP) is 3.33. The number of likely N-dealkylation sites (tertiary alicyclic amines) is 1. The number of aryl methyl sites for hydroxylation is 1. The minimum absolute atomic E-state index is 0.220. The molecule has 164 valence electrons. The summed E-state index contributed by atoms with van der Waals surface area (Å²) in [5.74, 6) is 2.83. The van der Waals surface area contributed by atoms with Crippen LogP contribution < -0.4 is 10.6 Å². The van der Waals surface area contributed by atoms with Gasteiger partial charge in [0.1, 0.15) is 11.6 Å². The Balaban J connectivity index is 1.33. The summed E-state index contributed by atoms with van der Waals surface area (Å²) in [6, 6.07) is 12.9. The molecule has 2 N–H and O–H groups in total. The Morgan fingerprint density at radius 3 is 2.71 bits per heavy atom. The molecule has 7 heteroatoms. The summed E-state index contributed by atoms with van der Waals surface area (Å²) in [4.78, 5) is 11.2. The number of nitrogens with zero attached hydrogens (tertiary/aromatic N) is 4. The first-order valence-corrected chi connectivity index (χ1v) is 11.0. The average Bonchev–Trinajstić information content (AvgIpc) is 3.56. The lowest BCUT2D eigenvalue weighted by molar-refractivity contribution is 0.215. The van der Waals surface area contributed by atoms with Gasteiger partial charge in [0, 0.05) is 39.1 Å². The van der Waals surface area contributed by atoms with Crippen molar-refractivity contribution in [1.29, 1.82) is 0 Å². The highest BCUT2D eigenvalue weighted by Crippen LogP contribution is 2.24. The van der Waals surface area contributed by atoms with Gasteiger partial charge in [-0.1, -0.05) is 24.3 Å². The Morgan fingerprint density at radius 1 is 1.16 bits per heavy atom. The van der Waals surface area contributed by atoms with Gasteiger partial charge in [-0.15, -0.1) is 0 Å². The molecule has 1 fully saturated rings. The standard InChI is InChI=1S/C24H32N6O/c1-19-26-10-13-30(19)18-21-8-5-7-20(15-21)16-27-24(25-2)28-17-22(23-9-6-14-31-23)29-11-3-4-12-29/h5-10,13-15,22H,3-4,11-12,16-18H2,1-2H3,(H2,25,27,28). The SMILES string of the molecule is CN=C(NCc1cccc(Cn2ccnc2C)c1)NCC(c1ccco1)N1CCCC1. The molecule has 0 saturated carbocycles. The van der Waals surface area contributed by atoms with Crippen LogP contribution in [0.1, 0.15) is 41.6 Å². The summed E-state index contributed by atoms with van der Waals surface area (Å²) in [5.41, 5.74) is 2.48. The van der Waals surface area contributed by atoms with E-state index in [9.17, 15) is 0 Å². The summed E-state index contributed by atoms with van der Waals surface area (Å²) in [7, 11) is 1.81. The van der Waals surface area contributed by atoms with Crippen molar-refractivity contribution in [2.75, 3.05) is 26.7 Å². The van der Waals surface area contributed by atoms with Crippen LogP contribution in [0.4, 0.5) is 0 Å². The average molecular weight is 421 g/mol. The number of hydrogen-bond acceptors (Lipinski definition) is 4. The number of furan rings is 1. The summed E-state index contributed by atoms with van der Waals surface area (Å²) in [6.07, 6.45) is 8.11. The van der Waals surface area contributed by atoms with Gasteiger partial charge in [0.05, 0.1) is 12.3 Å². The molecule has 0 aliphatic carbocycles. The molecule has 1 aliphatic rings. The minimum Gasteiger partial charge on any atom is -0.468 e. The topological polar surface area (TPSA) is 70.6 Å². The van der Waals surface area contributed by atoms with E-state index in [0.29, 0.717) is 6.54 Å². The molecular formula is C24H32N6O. The van der Waals surface area contributed by atoms with Crippen molar-refractivity contribution >= 4 is 5.96 Å². The van der Waals surface area contributed by atoms with Crippen LogP contribution in [-0.4, -0.2) is 47.1 Å². The van der Waals surface area contributed by atoms with Crippen molar-refractivity contribution in [3.63, 3.8) is 0 Å². The molecule has 4 rings (SSSR count). The first-order chi connectivity index (χ1) is 15.2. The van der Waals surface area contributed by atoms with Crippen molar-refractivity contribution in [3.05, 3.63) is 77.8 Å². The van der Waals surface area contributed by atoms with E-state index in [1.807, 2.05) is 32.4 Å². The lowest BCUT2D eigenvalue weighted by Crippen LogP contribution is -2.42. The largest absolute Gasteiger partial charge is 0.468 e. The minimum atomic E-state index is 0.220. The van der Waals surface area contributed by atoms with E-state index in [1.165, 1.54) is 24.0 Å². The molecule has 1 saturated heterocycles.